The normalized spacial score (nSPS) is 12.3. The Labute approximate surface area is 166 Å². The van der Waals surface area contributed by atoms with Gasteiger partial charge in [-0.1, -0.05) is 5.16 Å². The van der Waals surface area contributed by atoms with Gasteiger partial charge >= 0.3 is 12.1 Å². The van der Waals surface area contributed by atoms with Crippen LogP contribution in [0.4, 0.5) is 13.2 Å². The highest BCUT2D eigenvalue weighted by Gasteiger charge is 2.30. The molecule has 0 heterocycles. The summed E-state index contributed by atoms with van der Waals surface area (Å²) in [4.78, 5) is 16.1. The molecule has 0 N–H and O–H groups in total. The van der Waals surface area contributed by atoms with Gasteiger partial charge in [0.1, 0.15) is 23.4 Å². The fourth-order valence-electron chi connectivity index (χ4n) is 2.07. The number of rotatable bonds is 7. The smallest absolute Gasteiger partial charge is 0.416 e. The van der Waals surface area contributed by atoms with Crippen molar-refractivity contribution in [1.82, 2.24) is 0 Å². The maximum Gasteiger partial charge on any atom is 0.416 e. The van der Waals surface area contributed by atoms with E-state index >= 15 is 0 Å². The van der Waals surface area contributed by atoms with Gasteiger partial charge in [-0.3, -0.25) is 0 Å². The molecular formula is C21H20F3NO4. The number of hydrogen-bond acceptors (Lipinski definition) is 5. The van der Waals surface area contributed by atoms with Crippen molar-refractivity contribution in [2.45, 2.75) is 33.1 Å². The van der Waals surface area contributed by atoms with Crippen LogP contribution < -0.4 is 9.47 Å². The molecule has 0 saturated heterocycles. The SMILES string of the molecule is CC(C)=NOC(=O)/C=C/C(C)Oc1ccc(Oc2ccc(C(F)(F)F)cc2)cc1. The lowest BCUT2D eigenvalue weighted by atomic mass is 10.2. The molecule has 29 heavy (non-hydrogen) atoms. The third kappa shape index (κ3) is 7.69. The predicted molar refractivity (Wildman–Crippen MR) is 102 cm³/mol. The van der Waals surface area contributed by atoms with Gasteiger partial charge in [0.05, 0.1) is 11.3 Å². The second-order valence-corrected chi connectivity index (χ2v) is 6.23. The fraction of sp³-hybridized carbons (Fsp3) is 0.238. The highest BCUT2D eigenvalue weighted by atomic mass is 19.4. The van der Waals surface area contributed by atoms with Crippen molar-refractivity contribution in [2.75, 3.05) is 0 Å². The van der Waals surface area contributed by atoms with Crippen molar-refractivity contribution < 1.29 is 32.3 Å². The molecule has 0 fully saturated rings. The zero-order chi connectivity index (χ0) is 21.4. The number of carbonyl (C=O) groups excluding carboxylic acids is 1. The van der Waals surface area contributed by atoms with Gasteiger partial charge in [0.15, 0.2) is 0 Å². The van der Waals surface area contributed by atoms with Crippen LogP contribution in [0.2, 0.25) is 0 Å². The quantitative estimate of drug-likeness (QED) is 0.253. The Morgan fingerprint density at radius 2 is 1.48 bits per heavy atom. The predicted octanol–water partition coefficient (Wildman–Crippen LogP) is 5.76. The number of carbonyl (C=O) groups is 1. The summed E-state index contributed by atoms with van der Waals surface area (Å²) in [7, 11) is 0. The maximum atomic E-state index is 12.6. The van der Waals surface area contributed by atoms with Gasteiger partial charge in [-0.15, -0.1) is 0 Å². The van der Waals surface area contributed by atoms with Crippen LogP contribution in [0.1, 0.15) is 26.3 Å². The summed E-state index contributed by atoms with van der Waals surface area (Å²) in [6.07, 6.45) is -2.05. The molecule has 8 heteroatoms. The summed E-state index contributed by atoms with van der Waals surface area (Å²) in [5, 5.41) is 3.55. The van der Waals surface area contributed by atoms with Crippen molar-refractivity contribution in [2.24, 2.45) is 5.16 Å². The van der Waals surface area contributed by atoms with Crippen LogP contribution in [0.25, 0.3) is 0 Å². The van der Waals surface area contributed by atoms with Crippen LogP contribution in [0.5, 0.6) is 17.2 Å². The number of ether oxygens (including phenoxy) is 2. The zero-order valence-corrected chi connectivity index (χ0v) is 16.1. The highest BCUT2D eigenvalue weighted by molar-refractivity contribution is 5.84. The van der Waals surface area contributed by atoms with E-state index in [2.05, 4.69) is 9.99 Å². The zero-order valence-electron chi connectivity index (χ0n) is 16.1. The van der Waals surface area contributed by atoms with Crippen LogP contribution in [0.3, 0.4) is 0 Å². The van der Waals surface area contributed by atoms with Crippen LogP contribution in [-0.2, 0) is 15.8 Å². The van der Waals surface area contributed by atoms with E-state index in [0.29, 0.717) is 17.2 Å². The lowest BCUT2D eigenvalue weighted by Gasteiger charge is -2.12. The lowest BCUT2D eigenvalue weighted by molar-refractivity contribution is -0.138. The van der Waals surface area contributed by atoms with Gasteiger partial charge in [-0.05, 0) is 75.4 Å². The number of halogens is 3. The van der Waals surface area contributed by atoms with E-state index in [-0.39, 0.29) is 5.75 Å². The monoisotopic (exact) mass is 407 g/mol. The van der Waals surface area contributed by atoms with E-state index in [1.807, 2.05) is 0 Å². The van der Waals surface area contributed by atoms with Gasteiger partial charge in [-0.25, -0.2) is 4.79 Å². The molecule has 5 nitrogen and oxygen atoms in total. The van der Waals surface area contributed by atoms with Crippen molar-refractivity contribution in [3.05, 3.63) is 66.2 Å². The Balaban J connectivity index is 1.89. The van der Waals surface area contributed by atoms with Crippen LogP contribution in [0.15, 0.2) is 65.8 Å². The van der Waals surface area contributed by atoms with Crippen LogP contribution in [-0.4, -0.2) is 17.8 Å². The van der Waals surface area contributed by atoms with Crippen molar-refractivity contribution in [3.63, 3.8) is 0 Å². The molecule has 0 aliphatic carbocycles. The molecule has 2 rings (SSSR count). The first-order chi connectivity index (χ1) is 13.6. The summed E-state index contributed by atoms with van der Waals surface area (Å²) in [6.45, 7) is 5.14. The first kappa shape index (κ1) is 22.0. The van der Waals surface area contributed by atoms with Gasteiger partial charge in [0.25, 0.3) is 0 Å². The second kappa shape index (κ2) is 9.77. The molecule has 1 atom stereocenters. The molecule has 0 amide bonds. The number of nitrogens with zero attached hydrogens (tertiary/aromatic N) is 1. The molecule has 1 unspecified atom stereocenters. The molecule has 0 aromatic heterocycles. The average Bonchev–Trinajstić information content (AvgIpc) is 2.66. The van der Waals surface area contributed by atoms with E-state index in [0.717, 1.165) is 12.1 Å². The molecule has 0 aliphatic rings. The standard InChI is InChI=1S/C21H20F3NO4/c1-14(2)25-29-20(26)13-4-15(3)27-17-9-11-19(12-10-17)28-18-7-5-16(6-8-18)21(22,23)24/h4-13,15H,1-3H3/b13-4+. The number of benzene rings is 2. The van der Waals surface area contributed by atoms with E-state index in [9.17, 15) is 18.0 Å². The molecule has 154 valence electrons. The first-order valence-electron chi connectivity index (χ1n) is 8.65. The largest absolute Gasteiger partial charge is 0.487 e. The minimum Gasteiger partial charge on any atom is -0.487 e. The third-order valence-corrected chi connectivity index (χ3v) is 3.38. The molecule has 0 bridgehead atoms. The lowest BCUT2D eigenvalue weighted by Crippen LogP contribution is -2.09. The first-order valence-corrected chi connectivity index (χ1v) is 8.65. The molecule has 0 radical (unpaired) electrons. The van der Waals surface area contributed by atoms with Gasteiger partial charge in [0, 0.05) is 6.08 Å². The summed E-state index contributed by atoms with van der Waals surface area (Å²) in [5.74, 6) is 0.641. The van der Waals surface area contributed by atoms with Crippen LogP contribution >= 0.6 is 0 Å². The molecule has 2 aromatic carbocycles. The summed E-state index contributed by atoms with van der Waals surface area (Å²) >= 11 is 0. The Hall–Kier alpha value is -3.29. The van der Waals surface area contributed by atoms with E-state index < -0.39 is 23.8 Å². The average molecular weight is 407 g/mol. The van der Waals surface area contributed by atoms with Gasteiger partial charge in [0.2, 0.25) is 0 Å². The van der Waals surface area contributed by atoms with Crippen molar-refractivity contribution in [1.29, 1.82) is 0 Å². The minimum absolute atomic E-state index is 0.284. The van der Waals surface area contributed by atoms with E-state index in [1.54, 1.807) is 45.0 Å². The van der Waals surface area contributed by atoms with Gasteiger partial charge in [-0.2, -0.15) is 13.2 Å². The Morgan fingerprint density at radius 1 is 0.966 bits per heavy atom. The Kier molecular flexibility index (Phi) is 7.41. The molecule has 0 aliphatic heterocycles. The fourth-order valence-corrected chi connectivity index (χ4v) is 2.07. The number of alkyl halides is 3. The number of hydrogen-bond donors (Lipinski definition) is 0. The van der Waals surface area contributed by atoms with Gasteiger partial charge < -0.3 is 14.3 Å². The molecule has 2 aromatic rings. The molecule has 0 saturated carbocycles. The Morgan fingerprint density at radius 3 is 2.00 bits per heavy atom. The minimum atomic E-state index is -4.39. The van der Waals surface area contributed by atoms with Crippen molar-refractivity contribution >= 4 is 11.7 Å². The second-order valence-electron chi connectivity index (χ2n) is 6.23. The number of oxime groups is 1. The molecular weight excluding hydrogens is 387 g/mol. The van der Waals surface area contributed by atoms with Crippen molar-refractivity contribution in [3.8, 4) is 17.2 Å². The Bertz CT molecular complexity index is 868. The highest BCUT2D eigenvalue weighted by Crippen LogP contribution is 2.31. The summed E-state index contributed by atoms with van der Waals surface area (Å²) < 4.78 is 48.9. The maximum absolute atomic E-state index is 12.6. The van der Waals surface area contributed by atoms with E-state index in [4.69, 9.17) is 9.47 Å². The van der Waals surface area contributed by atoms with E-state index in [1.165, 1.54) is 24.3 Å². The summed E-state index contributed by atoms with van der Waals surface area (Å²) in [5.41, 5.74) is -0.120. The van der Waals surface area contributed by atoms with Crippen LogP contribution in [0, 0.1) is 0 Å². The molecule has 0 spiro atoms. The third-order valence-electron chi connectivity index (χ3n) is 3.38. The summed E-state index contributed by atoms with van der Waals surface area (Å²) in [6, 6.07) is 11.0. The topological polar surface area (TPSA) is 57.1 Å².